The number of nitrogens with zero attached hydrogens (tertiary/aromatic N) is 2. The molecule has 1 unspecified atom stereocenters. The maximum absolute atomic E-state index is 14.7. The van der Waals surface area contributed by atoms with Crippen molar-refractivity contribution in [1.82, 2.24) is 36.6 Å². The third-order valence-corrected chi connectivity index (χ3v) is 14.4. The van der Waals surface area contributed by atoms with Gasteiger partial charge in [0, 0.05) is 29.6 Å². The summed E-state index contributed by atoms with van der Waals surface area (Å²) >= 11 is 3.40. The van der Waals surface area contributed by atoms with Crippen LogP contribution in [0.15, 0.2) is 60.1 Å². The Bertz CT molecular complexity index is 2680. The number of thiazole rings is 1. The molecular formula is C54H69F4IN8O11S. The highest BCUT2D eigenvalue weighted by Gasteiger charge is 2.53. The molecule has 1 aliphatic heterocycles. The number of aliphatic hydroxyl groups excluding tert-OH is 1. The second-order valence-electron chi connectivity index (χ2n) is 20.0. The van der Waals surface area contributed by atoms with Gasteiger partial charge in [0.25, 0.3) is 11.8 Å². The van der Waals surface area contributed by atoms with Crippen LogP contribution in [-0.4, -0.2) is 154 Å². The van der Waals surface area contributed by atoms with Crippen LogP contribution in [0.2, 0.25) is 0 Å². The fraction of sp³-hybridized carbons (Fsp3) is 0.519. The first kappa shape index (κ1) is 62.8. The number of hydrogen-bond acceptors (Lipinski definition) is 15. The number of ether oxygens (including phenoxy) is 4. The highest BCUT2D eigenvalue weighted by atomic mass is 127. The van der Waals surface area contributed by atoms with Crippen LogP contribution in [0.4, 0.5) is 28.9 Å². The van der Waals surface area contributed by atoms with Crippen LogP contribution in [0, 0.1) is 33.4 Å². The van der Waals surface area contributed by atoms with Gasteiger partial charge in [0.15, 0.2) is 17.3 Å². The molecule has 1 aromatic heterocycles. The molecule has 19 nitrogen and oxygen atoms in total. The predicted molar refractivity (Wildman–Crippen MR) is 294 cm³/mol. The van der Waals surface area contributed by atoms with Crippen LogP contribution in [0.1, 0.15) is 80.5 Å². The third kappa shape index (κ3) is 19.1. The summed E-state index contributed by atoms with van der Waals surface area (Å²) in [6.45, 7) is 10.8. The van der Waals surface area contributed by atoms with Gasteiger partial charge >= 0.3 is 0 Å². The van der Waals surface area contributed by atoms with Crippen molar-refractivity contribution in [2.75, 3.05) is 91.0 Å². The zero-order valence-corrected chi connectivity index (χ0v) is 47.5. The normalized spacial score (nSPS) is 16.5. The molecule has 0 radical (unpaired) electrons. The Labute approximate surface area is 474 Å². The number of aryl methyl sites for hydroxylation is 1. The topological polar surface area (TPSA) is 240 Å². The highest BCUT2D eigenvalue weighted by molar-refractivity contribution is 14.1. The van der Waals surface area contributed by atoms with Gasteiger partial charge in [-0.25, -0.2) is 28.0 Å². The van der Waals surface area contributed by atoms with E-state index in [0.29, 0.717) is 68.3 Å². The number of benzene rings is 3. The lowest BCUT2D eigenvalue weighted by molar-refractivity contribution is -0.145. The molecule has 79 heavy (non-hydrogen) atoms. The van der Waals surface area contributed by atoms with Crippen molar-refractivity contribution in [3.8, 4) is 10.4 Å². The first-order valence-corrected chi connectivity index (χ1v) is 27.9. The molecule has 432 valence electrons. The van der Waals surface area contributed by atoms with Crippen LogP contribution in [0.5, 0.6) is 0 Å². The number of carbonyl (C=O) groups is 5. The standard InChI is InChI=1S/C54H69F4IN8O11S/c1-33-47(79-32-62-33)35-8-6-34(7-9-35)42(64-50(71)43-29-37(68)31-67(43)51(72)48(53(2,3)4)65-52(73)54(58)14-15-54)30-44(69)61-18-21-75-23-25-77-27-26-76-24-22-74-20-17-60-16-5-19-78-66-49(70)38-11-12-39(55)45(57)46(38)63-41-13-10-36(59)28-40(41)56/h6-13,28,32,37,42-43,48,60,63,68H,5,14-27,29-31H2,1-4H3,(H,61,69)(H,64,71)(H,65,73)(H,66,70)/t37-,42+,43+,48?/m1/s1. The lowest BCUT2D eigenvalue weighted by Gasteiger charge is -2.36. The minimum Gasteiger partial charge on any atom is -0.391 e. The molecule has 1 aliphatic carbocycles. The van der Waals surface area contributed by atoms with Gasteiger partial charge in [-0.1, -0.05) is 45.0 Å². The molecule has 0 spiro atoms. The van der Waals surface area contributed by atoms with E-state index in [4.69, 9.17) is 23.8 Å². The van der Waals surface area contributed by atoms with Gasteiger partial charge in [0.1, 0.15) is 17.9 Å². The summed E-state index contributed by atoms with van der Waals surface area (Å²) in [5.74, 6) is -6.56. The van der Waals surface area contributed by atoms with Crippen LogP contribution in [0.3, 0.4) is 0 Å². The van der Waals surface area contributed by atoms with Gasteiger partial charge in [0.2, 0.25) is 17.7 Å². The molecule has 1 saturated heterocycles. The first-order chi connectivity index (χ1) is 37.7. The SMILES string of the molecule is Cc1ncsc1-c1ccc([C@H](CC(=O)NCCOCCOCCOCCOCCNCCCONC(=O)c2ccc(F)c(F)c2Nc2ccc(I)cc2F)NC(=O)[C@@H]2C[C@@H](O)CN2C(=O)C(NC(=O)C2(F)CC2)C(C)(C)C)cc1. The van der Waals surface area contributed by atoms with E-state index in [-0.39, 0.29) is 75.8 Å². The molecule has 2 fully saturated rings. The van der Waals surface area contributed by atoms with Crippen molar-refractivity contribution in [1.29, 1.82) is 0 Å². The average molecular weight is 1240 g/mol. The minimum absolute atomic E-state index is 0.0657. The number of β-amino-alcohol motifs (C(OH)–C–C–N with tert-alkyl or cyclic N) is 1. The Hall–Kier alpha value is -5.39. The number of alkyl halides is 1. The molecule has 4 atom stereocenters. The van der Waals surface area contributed by atoms with Crippen molar-refractivity contribution < 1.29 is 70.4 Å². The zero-order chi connectivity index (χ0) is 57.1. The van der Waals surface area contributed by atoms with Crippen molar-refractivity contribution in [2.45, 2.75) is 89.7 Å². The maximum Gasteiger partial charge on any atom is 0.277 e. The van der Waals surface area contributed by atoms with E-state index in [0.717, 1.165) is 28.3 Å². The Morgan fingerprint density at radius 2 is 1.51 bits per heavy atom. The molecule has 0 bridgehead atoms. The van der Waals surface area contributed by atoms with Crippen molar-refractivity contribution in [2.24, 2.45) is 5.41 Å². The maximum atomic E-state index is 14.7. The van der Waals surface area contributed by atoms with Gasteiger partial charge in [-0.15, -0.1) is 11.3 Å². The quantitative estimate of drug-likeness (QED) is 0.0130. The Kier molecular flexibility index (Phi) is 24.2. The highest BCUT2D eigenvalue weighted by Crippen LogP contribution is 2.41. The number of hydrogen-bond donors (Lipinski definition) is 7. The fourth-order valence-corrected chi connectivity index (χ4v) is 9.53. The number of hydroxylamine groups is 1. The van der Waals surface area contributed by atoms with Crippen molar-refractivity contribution >= 4 is 74.8 Å². The summed E-state index contributed by atoms with van der Waals surface area (Å²) in [4.78, 5) is 78.7. The van der Waals surface area contributed by atoms with Gasteiger partial charge in [-0.3, -0.25) is 28.8 Å². The minimum atomic E-state index is -2.02. The van der Waals surface area contributed by atoms with E-state index in [9.17, 15) is 46.6 Å². The molecule has 1 saturated carbocycles. The second-order valence-corrected chi connectivity index (χ2v) is 22.1. The molecule has 25 heteroatoms. The molecular weight excluding hydrogens is 1170 g/mol. The number of aliphatic hydroxyl groups is 1. The van der Waals surface area contributed by atoms with E-state index < -0.39 is 82.1 Å². The molecule has 4 aromatic rings. The summed E-state index contributed by atoms with van der Waals surface area (Å²) in [5, 5.41) is 24.7. The van der Waals surface area contributed by atoms with E-state index in [2.05, 4.69) is 37.0 Å². The van der Waals surface area contributed by atoms with Crippen LogP contribution >= 0.6 is 33.9 Å². The van der Waals surface area contributed by atoms with Crippen molar-refractivity contribution in [3.05, 3.63) is 98.0 Å². The van der Waals surface area contributed by atoms with Crippen LogP contribution in [0.25, 0.3) is 10.4 Å². The number of aromatic nitrogens is 1. The van der Waals surface area contributed by atoms with Gasteiger partial charge in [-0.05, 0) is 102 Å². The third-order valence-electron chi connectivity index (χ3n) is 12.8. The van der Waals surface area contributed by atoms with E-state index in [1.165, 1.54) is 28.4 Å². The van der Waals surface area contributed by atoms with Crippen molar-refractivity contribution in [3.63, 3.8) is 0 Å². The summed E-state index contributed by atoms with van der Waals surface area (Å²) in [6, 6.07) is 10.3. The number of likely N-dealkylation sites (tertiary alicyclic amines) is 1. The molecule has 2 aliphatic rings. The fourth-order valence-electron chi connectivity index (χ4n) is 8.26. The largest absolute Gasteiger partial charge is 0.391 e. The second kappa shape index (κ2) is 30.4. The lowest BCUT2D eigenvalue weighted by atomic mass is 9.85. The van der Waals surface area contributed by atoms with E-state index in [1.807, 2.05) is 53.8 Å². The smallest absolute Gasteiger partial charge is 0.277 e. The van der Waals surface area contributed by atoms with E-state index in [1.54, 1.807) is 32.3 Å². The molecule has 2 heterocycles. The molecule has 3 aromatic carbocycles. The lowest BCUT2D eigenvalue weighted by Crippen LogP contribution is -2.59. The zero-order valence-electron chi connectivity index (χ0n) is 44.5. The Morgan fingerprint density at radius 3 is 2.13 bits per heavy atom. The summed E-state index contributed by atoms with van der Waals surface area (Å²) in [5.41, 5.74) is 2.55. The van der Waals surface area contributed by atoms with Crippen LogP contribution < -0.4 is 32.1 Å². The monoisotopic (exact) mass is 1240 g/mol. The van der Waals surface area contributed by atoms with Gasteiger partial charge < -0.3 is 55.5 Å². The van der Waals surface area contributed by atoms with Gasteiger partial charge in [0.05, 0.1) is 111 Å². The Morgan fingerprint density at radius 1 is 0.848 bits per heavy atom. The predicted octanol–water partition coefficient (Wildman–Crippen LogP) is 5.95. The average Bonchev–Trinajstić information content (AvgIpc) is 3.89. The number of rotatable bonds is 32. The number of amides is 5. The molecule has 5 amide bonds. The summed E-state index contributed by atoms with van der Waals surface area (Å²) in [7, 11) is 0. The summed E-state index contributed by atoms with van der Waals surface area (Å²) in [6.07, 6.45) is -0.624. The van der Waals surface area contributed by atoms with Gasteiger partial charge in [-0.2, -0.15) is 0 Å². The van der Waals surface area contributed by atoms with E-state index >= 15 is 0 Å². The number of halogens is 5. The van der Waals surface area contributed by atoms with Crippen LogP contribution in [-0.2, 0) is 43.0 Å². The first-order valence-electron chi connectivity index (χ1n) is 26.0. The Balaban J connectivity index is 0.815. The molecule has 7 N–H and O–H groups in total. The number of anilines is 2. The summed E-state index contributed by atoms with van der Waals surface area (Å²) < 4.78 is 80.7. The number of nitrogens with one attached hydrogen (secondary N) is 6. The number of carbonyl (C=O) groups excluding carboxylic acids is 5. The molecule has 6 rings (SSSR count).